The lowest BCUT2D eigenvalue weighted by molar-refractivity contribution is -0.0274. The van der Waals surface area contributed by atoms with E-state index in [1.807, 2.05) is 0 Å². The number of halogens is 1. The molecule has 0 saturated heterocycles. The summed E-state index contributed by atoms with van der Waals surface area (Å²) in [5.41, 5.74) is 0. The Hall–Kier alpha value is 0.0400. The number of hydrogen-bond donors (Lipinski definition) is 0. The average molecular weight is 790 g/mol. The number of alkyl halides is 1. The molecule has 0 aliphatic rings. The van der Waals surface area contributed by atoms with Gasteiger partial charge < -0.3 is 52.1 Å². The van der Waals surface area contributed by atoms with Crippen molar-refractivity contribution in [1.82, 2.24) is 0 Å². The molecule has 50 heavy (non-hydrogen) atoms. The summed E-state index contributed by atoms with van der Waals surface area (Å²) in [6.45, 7) is 14.9. The topological polar surface area (TPSA) is 102 Å². The minimum atomic E-state index is 0.526. The van der Waals surface area contributed by atoms with Gasteiger partial charge in [-0.3, -0.25) is 0 Å². The van der Waals surface area contributed by atoms with Crippen LogP contribution in [0, 0.1) is 0 Å². The second-order valence-electron chi connectivity index (χ2n) is 12.0. The minimum Gasteiger partial charge on any atom is -0.379 e. The third kappa shape index (κ3) is 48.0. The van der Waals surface area contributed by atoms with Crippen molar-refractivity contribution in [2.24, 2.45) is 0 Å². The number of ether oxygens (including phenoxy) is 11. The molecule has 302 valence electrons. The highest BCUT2D eigenvalue weighted by Crippen LogP contribution is 2.13. The van der Waals surface area contributed by atoms with Crippen LogP contribution in [0.3, 0.4) is 0 Å². The van der Waals surface area contributed by atoms with Crippen LogP contribution < -0.4 is 0 Å². The van der Waals surface area contributed by atoms with Gasteiger partial charge in [0, 0.05) is 11.9 Å². The van der Waals surface area contributed by atoms with E-state index in [4.69, 9.17) is 52.1 Å². The molecule has 12 heteroatoms. The van der Waals surface area contributed by atoms with Crippen LogP contribution in [0.2, 0.25) is 0 Å². The molecule has 0 saturated carbocycles. The van der Waals surface area contributed by atoms with Gasteiger partial charge in [0.1, 0.15) is 0 Å². The van der Waals surface area contributed by atoms with Gasteiger partial charge in [0.25, 0.3) is 0 Å². The predicted octanol–water partition coefficient (Wildman–Crippen LogP) is 7.05. The van der Waals surface area contributed by atoms with Crippen LogP contribution in [0.4, 0.5) is 0 Å². The van der Waals surface area contributed by atoms with Gasteiger partial charge in [0.05, 0.1) is 139 Å². The quantitative estimate of drug-likeness (QED) is 0.0469. The summed E-state index contributed by atoms with van der Waals surface area (Å²) >= 11 is 3.31. The molecule has 0 bridgehead atoms. The Bertz CT molecular complexity index is 533. The van der Waals surface area contributed by atoms with Crippen molar-refractivity contribution in [3.8, 4) is 0 Å². The summed E-state index contributed by atoms with van der Waals surface area (Å²) in [6.07, 6.45) is 19.3. The normalized spacial score (nSPS) is 11.6. The molecule has 11 nitrogen and oxygen atoms in total. The molecule has 0 aliphatic carbocycles. The number of unbranched alkanes of at least 4 members (excludes halogenated alkanes) is 13. The molecule has 0 spiro atoms. The predicted molar refractivity (Wildman–Crippen MR) is 203 cm³/mol. The Balaban J connectivity index is 3.04. The zero-order chi connectivity index (χ0) is 35.9. The van der Waals surface area contributed by atoms with Crippen LogP contribution in [-0.2, 0) is 52.1 Å². The van der Waals surface area contributed by atoms with Gasteiger partial charge in [-0.05, 0) is 6.42 Å². The van der Waals surface area contributed by atoms with Crippen molar-refractivity contribution in [3.63, 3.8) is 0 Å². The fraction of sp³-hybridized carbons (Fsp3) is 1.00. The summed E-state index contributed by atoms with van der Waals surface area (Å²) in [4.78, 5) is 0. The van der Waals surface area contributed by atoms with Crippen molar-refractivity contribution in [3.05, 3.63) is 0 Å². The van der Waals surface area contributed by atoms with E-state index in [-0.39, 0.29) is 0 Å². The lowest BCUT2D eigenvalue weighted by Gasteiger charge is -2.09. The molecule has 0 aliphatic heterocycles. The average Bonchev–Trinajstić information content (AvgIpc) is 3.13. The SMILES string of the molecule is CCCCCCCCCCCCCCCCOCCOCCOCCOCCOCCOCCOCCOCCOCCOCCOCCBr. The van der Waals surface area contributed by atoms with Crippen molar-refractivity contribution in [2.75, 3.05) is 151 Å². The molecule has 0 fully saturated rings. The second-order valence-corrected chi connectivity index (χ2v) is 12.8. The maximum absolute atomic E-state index is 5.68. The van der Waals surface area contributed by atoms with E-state index in [2.05, 4.69) is 22.9 Å². The van der Waals surface area contributed by atoms with E-state index < -0.39 is 0 Å². The van der Waals surface area contributed by atoms with Crippen LogP contribution >= 0.6 is 15.9 Å². The first kappa shape index (κ1) is 50.0. The Kier molecular flexibility index (Phi) is 49.1. The maximum Gasteiger partial charge on any atom is 0.0701 e. The van der Waals surface area contributed by atoms with Gasteiger partial charge >= 0.3 is 0 Å². The largest absolute Gasteiger partial charge is 0.379 e. The maximum atomic E-state index is 5.68. The van der Waals surface area contributed by atoms with E-state index in [0.717, 1.165) is 18.4 Å². The molecule has 0 amide bonds. The number of rotatable bonds is 47. The smallest absolute Gasteiger partial charge is 0.0701 e. The first-order chi connectivity index (χ1) is 24.9. The molecular weight excluding hydrogens is 712 g/mol. The van der Waals surface area contributed by atoms with Crippen LogP contribution in [0.1, 0.15) is 96.8 Å². The van der Waals surface area contributed by atoms with E-state index in [0.29, 0.717) is 139 Å². The fourth-order valence-corrected chi connectivity index (χ4v) is 4.98. The third-order valence-corrected chi connectivity index (χ3v) is 7.91. The van der Waals surface area contributed by atoms with E-state index in [9.17, 15) is 0 Å². The zero-order valence-electron chi connectivity index (χ0n) is 32.0. The summed E-state index contributed by atoms with van der Waals surface area (Å²) in [5.74, 6) is 0. The summed E-state index contributed by atoms with van der Waals surface area (Å²) < 4.78 is 60.4. The molecule has 0 rings (SSSR count). The highest BCUT2D eigenvalue weighted by molar-refractivity contribution is 9.09. The van der Waals surface area contributed by atoms with Crippen LogP contribution in [0.25, 0.3) is 0 Å². The molecule has 0 N–H and O–H groups in total. The first-order valence-electron chi connectivity index (χ1n) is 19.8. The third-order valence-electron chi connectivity index (χ3n) is 7.58. The Morgan fingerprint density at radius 3 is 0.620 bits per heavy atom. The molecule has 0 atom stereocenters. The summed E-state index contributed by atoms with van der Waals surface area (Å²) in [7, 11) is 0. The van der Waals surface area contributed by atoms with Crippen LogP contribution in [0.15, 0.2) is 0 Å². The van der Waals surface area contributed by atoms with E-state index in [1.54, 1.807) is 0 Å². The summed E-state index contributed by atoms with van der Waals surface area (Å²) in [5, 5.41) is 0.841. The monoisotopic (exact) mass is 788 g/mol. The van der Waals surface area contributed by atoms with Crippen molar-refractivity contribution in [1.29, 1.82) is 0 Å². The van der Waals surface area contributed by atoms with Crippen LogP contribution in [-0.4, -0.2) is 151 Å². The molecule has 0 aromatic heterocycles. The van der Waals surface area contributed by atoms with Crippen molar-refractivity contribution < 1.29 is 52.1 Å². The molecule has 0 aromatic carbocycles. The Labute approximate surface area is 314 Å². The Morgan fingerprint density at radius 2 is 0.400 bits per heavy atom. The van der Waals surface area contributed by atoms with E-state index >= 15 is 0 Å². The molecular formula is C38H77BrO11. The molecule has 0 aromatic rings. The minimum absolute atomic E-state index is 0.526. The van der Waals surface area contributed by atoms with E-state index in [1.165, 1.54) is 83.5 Å². The van der Waals surface area contributed by atoms with Gasteiger partial charge in [-0.2, -0.15) is 0 Å². The molecule has 0 radical (unpaired) electrons. The van der Waals surface area contributed by atoms with Gasteiger partial charge in [-0.15, -0.1) is 0 Å². The molecule has 0 unspecified atom stereocenters. The zero-order valence-corrected chi connectivity index (χ0v) is 33.6. The summed E-state index contributed by atoms with van der Waals surface area (Å²) in [6, 6.07) is 0. The van der Waals surface area contributed by atoms with Crippen LogP contribution in [0.5, 0.6) is 0 Å². The lowest BCUT2D eigenvalue weighted by Crippen LogP contribution is -2.15. The van der Waals surface area contributed by atoms with Gasteiger partial charge in [-0.25, -0.2) is 0 Å². The van der Waals surface area contributed by atoms with Crippen molar-refractivity contribution >= 4 is 15.9 Å². The highest BCUT2D eigenvalue weighted by Gasteiger charge is 1.98. The van der Waals surface area contributed by atoms with Gasteiger partial charge in [0.15, 0.2) is 0 Å². The van der Waals surface area contributed by atoms with Crippen molar-refractivity contribution in [2.45, 2.75) is 96.8 Å². The Morgan fingerprint density at radius 1 is 0.220 bits per heavy atom. The van der Waals surface area contributed by atoms with Gasteiger partial charge in [0.2, 0.25) is 0 Å². The fourth-order valence-electron chi connectivity index (χ4n) is 4.75. The first-order valence-corrected chi connectivity index (χ1v) is 20.9. The number of hydrogen-bond acceptors (Lipinski definition) is 11. The lowest BCUT2D eigenvalue weighted by atomic mass is 10.0. The molecule has 0 heterocycles. The highest BCUT2D eigenvalue weighted by atomic mass is 79.9. The standard InChI is InChI=1S/C38H77BrO11/c1-2-3-4-5-6-7-8-9-10-11-12-13-14-15-17-40-19-21-42-23-25-44-27-29-46-31-33-48-35-37-50-38-36-49-34-32-47-30-28-45-26-24-43-22-20-41-18-16-39/h2-38H2,1H3. The second kappa shape index (κ2) is 49.0. The van der Waals surface area contributed by atoms with Gasteiger partial charge in [-0.1, -0.05) is 106 Å².